The van der Waals surface area contributed by atoms with Crippen molar-refractivity contribution in [2.24, 2.45) is 0 Å². The third-order valence-corrected chi connectivity index (χ3v) is 2.94. The number of ether oxygens (including phenoxy) is 1. The van der Waals surface area contributed by atoms with E-state index in [1.54, 1.807) is 0 Å². The van der Waals surface area contributed by atoms with E-state index in [9.17, 15) is 0 Å². The molecule has 0 aromatic carbocycles. The van der Waals surface area contributed by atoms with Gasteiger partial charge >= 0.3 is 0 Å². The largest absolute Gasteiger partial charge is 0.394 e. The van der Waals surface area contributed by atoms with Gasteiger partial charge in [0.25, 0.3) is 0 Å². The average molecular weight is 202 g/mol. The molecule has 0 aromatic rings. The van der Waals surface area contributed by atoms with Crippen molar-refractivity contribution in [2.45, 2.75) is 25.9 Å². The van der Waals surface area contributed by atoms with Gasteiger partial charge in [-0.1, -0.05) is 0 Å². The normalized spacial score (nSPS) is 30.9. The van der Waals surface area contributed by atoms with E-state index in [1.807, 2.05) is 0 Å². The molecule has 2 atom stereocenters. The van der Waals surface area contributed by atoms with Crippen LogP contribution in [0.15, 0.2) is 0 Å². The molecule has 0 aliphatic carbocycles. The second-order valence-corrected chi connectivity index (χ2v) is 4.16. The molecule has 84 valence electrons. The van der Waals surface area contributed by atoms with Crippen molar-refractivity contribution in [1.29, 1.82) is 0 Å². The topological polar surface area (TPSA) is 35.9 Å². The molecule has 14 heavy (non-hydrogen) atoms. The Bertz CT molecular complexity index is 154. The van der Waals surface area contributed by atoms with Gasteiger partial charge in [-0.25, -0.2) is 0 Å². The van der Waals surface area contributed by atoms with Gasteiger partial charge in [0.05, 0.1) is 19.9 Å². The standard InChI is InChI=1S/C10H22N2O2/c1-9-6-12(8-14-5-4-13)7-10(2)11(9)3/h9-10,13H,4-8H2,1-3H3/t9-,10+. The lowest BCUT2D eigenvalue weighted by atomic mass is 10.1. The zero-order valence-corrected chi connectivity index (χ0v) is 9.44. The Balaban J connectivity index is 2.27. The van der Waals surface area contributed by atoms with Crippen LogP contribution in [-0.2, 0) is 4.74 Å². The van der Waals surface area contributed by atoms with Gasteiger partial charge in [-0.2, -0.15) is 0 Å². The summed E-state index contributed by atoms with van der Waals surface area (Å²) in [5, 5.41) is 8.59. The maximum absolute atomic E-state index is 8.59. The van der Waals surface area contributed by atoms with Crippen molar-refractivity contribution in [3.05, 3.63) is 0 Å². The van der Waals surface area contributed by atoms with Crippen LogP contribution in [0.3, 0.4) is 0 Å². The summed E-state index contributed by atoms with van der Waals surface area (Å²) in [4.78, 5) is 4.69. The summed E-state index contributed by atoms with van der Waals surface area (Å²) in [5.74, 6) is 0. The van der Waals surface area contributed by atoms with Crippen LogP contribution < -0.4 is 0 Å². The quantitative estimate of drug-likeness (QED) is 0.650. The number of hydrogen-bond donors (Lipinski definition) is 1. The Hall–Kier alpha value is -0.160. The summed E-state index contributed by atoms with van der Waals surface area (Å²) in [6.07, 6.45) is 0. The molecule has 0 bridgehead atoms. The Morgan fingerprint density at radius 2 is 1.86 bits per heavy atom. The fourth-order valence-corrected chi connectivity index (χ4v) is 1.88. The summed E-state index contributed by atoms with van der Waals surface area (Å²) in [6, 6.07) is 1.16. The molecule has 1 heterocycles. The molecule has 1 fully saturated rings. The monoisotopic (exact) mass is 202 g/mol. The maximum Gasteiger partial charge on any atom is 0.0992 e. The predicted molar refractivity (Wildman–Crippen MR) is 56.2 cm³/mol. The molecular weight excluding hydrogens is 180 g/mol. The van der Waals surface area contributed by atoms with Gasteiger partial charge in [0.15, 0.2) is 0 Å². The minimum absolute atomic E-state index is 0.110. The summed E-state index contributed by atoms with van der Waals surface area (Å²) in [5.41, 5.74) is 0. The number of rotatable bonds is 4. The van der Waals surface area contributed by atoms with Gasteiger partial charge in [0, 0.05) is 25.2 Å². The highest BCUT2D eigenvalue weighted by molar-refractivity contribution is 4.81. The summed E-state index contributed by atoms with van der Waals surface area (Å²) in [7, 11) is 2.17. The predicted octanol–water partition coefficient (Wildman–Crippen LogP) is -0.0228. The van der Waals surface area contributed by atoms with E-state index in [-0.39, 0.29) is 6.61 Å². The zero-order valence-electron chi connectivity index (χ0n) is 9.44. The third kappa shape index (κ3) is 3.20. The lowest BCUT2D eigenvalue weighted by molar-refractivity contribution is -0.0341. The SMILES string of the molecule is C[C@@H]1CN(COCCO)C[C@H](C)N1C. The van der Waals surface area contributed by atoms with Crippen LogP contribution >= 0.6 is 0 Å². The third-order valence-electron chi connectivity index (χ3n) is 2.94. The molecule has 1 rings (SSSR count). The van der Waals surface area contributed by atoms with E-state index >= 15 is 0 Å². The Morgan fingerprint density at radius 1 is 1.29 bits per heavy atom. The number of piperazine rings is 1. The lowest BCUT2D eigenvalue weighted by Crippen LogP contribution is -2.55. The second kappa shape index (κ2) is 5.66. The van der Waals surface area contributed by atoms with Crippen LogP contribution in [0.2, 0.25) is 0 Å². The van der Waals surface area contributed by atoms with Crippen molar-refractivity contribution < 1.29 is 9.84 Å². The highest BCUT2D eigenvalue weighted by Gasteiger charge is 2.25. The molecule has 0 amide bonds. The second-order valence-electron chi connectivity index (χ2n) is 4.16. The fourth-order valence-electron chi connectivity index (χ4n) is 1.88. The van der Waals surface area contributed by atoms with Gasteiger partial charge in [-0.3, -0.25) is 9.80 Å². The molecule has 0 saturated carbocycles. The smallest absolute Gasteiger partial charge is 0.0992 e. The van der Waals surface area contributed by atoms with Gasteiger partial charge in [-0.05, 0) is 20.9 Å². The first-order valence-corrected chi connectivity index (χ1v) is 5.28. The van der Waals surface area contributed by atoms with Crippen LogP contribution in [0.1, 0.15) is 13.8 Å². The van der Waals surface area contributed by atoms with Crippen LogP contribution in [0, 0.1) is 0 Å². The zero-order chi connectivity index (χ0) is 10.6. The Labute approximate surface area is 86.4 Å². The summed E-state index contributed by atoms with van der Waals surface area (Å²) < 4.78 is 5.31. The van der Waals surface area contributed by atoms with E-state index in [4.69, 9.17) is 9.84 Å². The lowest BCUT2D eigenvalue weighted by Gasteiger charge is -2.42. The fraction of sp³-hybridized carbons (Fsp3) is 1.00. The van der Waals surface area contributed by atoms with Crippen molar-refractivity contribution in [1.82, 2.24) is 9.80 Å². The number of hydrogen-bond acceptors (Lipinski definition) is 4. The van der Waals surface area contributed by atoms with Gasteiger partial charge in [-0.15, -0.1) is 0 Å². The minimum Gasteiger partial charge on any atom is -0.394 e. The summed E-state index contributed by atoms with van der Waals surface area (Å²) >= 11 is 0. The average Bonchev–Trinajstić information content (AvgIpc) is 2.14. The Morgan fingerprint density at radius 3 is 2.36 bits per heavy atom. The molecular formula is C10H22N2O2. The highest BCUT2D eigenvalue weighted by atomic mass is 16.5. The van der Waals surface area contributed by atoms with Crippen LogP contribution in [0.4, 0.5) is 0 Å². The van der Waals surface area contributed by atoms with Gasteiger partial charge in [0.1, 0.15) is 0 Å². The first-order chi connectivity index (χ1) is 6.65. The molecule has 1 saturated heterocycles. The number of nitrogens with zero attached hydrogens (tertiary/aromatic N) is 2. The molecule has 0 radical (unpaired) electrons. The first kappa shape index (κ1) is 11.9. The van der Waals surface area contributed by atoms with Crippen molar-refractivity contribution in [3.8, 4) is 0 Å². The van der Waals surface area contributed by atoms with Crippen molar-refractivity contribution >= 4 is 0 Å². The van der Waals surface area contributed by atoms with Crippen LogP contribution in [0.25, 0.3) is 0 Å². The van der Waals surface area contributed by atoms with Crippen LogP contribution in [0.5, 0.6) is 0 Å². The molecule has 0 aromatic heterocycles. The van der Waals surface area contributed by atoms with Crippen molar-refractivity contribution in [3.63, 3.8) is 0 Å². The van der Waals surface area contributed by atoms with Gasteiger partial charge in [0.2, 0.25) is 0 Å². The molecule has 0 spiro atoms. The number of likely N-dealkylation sites (N-methyl/N-ethyl adjacent to an activating group) is 1. The molecule has 1 N–H and O–H groups in total. The van der Waals surface area contributed by atoms with Crippen molar-refractivity contribution in [2.75, 3.05) is 40.1 Å². The minimum atomic E-state index is 0.110. The molecule has 4 heteroatoms. The van der Waals surface area contributed by atoms with E-state index in [0.29, 0.717) is 25.4 Å². The summed E-state index contributed by atoms with van der Waals surface area (Å²) in [6.45, 7) is 7.75. The molecule has 0 unspecified atom stereocenters. The number of aliphatic hydroxyl groups excluding tert-OH is 1. The highest BCUT2D eigenvalue weighted by Crippen LogP contribution is 2.12. The first-order valence-electron chi connectivity index (χ1n) is 5.28. The molecule has 1 aliphatic heterocycles. The molecule has 4 nitrogen and oxygen atoms in total. The van der Waals surface area contributed by atoms with Crippen LogP contribution in [-0.4, -0.2) is 67.1 Å². The van der Waals surface area contributed by atoms with E-state index in [2.05, 4.69) is 30.7 Å². The Kier molecular flexibility index (Phi) is 4.81. The molecule has 1 aliphatic rings. The number of aliphatic hydroxyl groups is 1. The van der Waals surface area contributed by atoms with E-state index in [1.165, 1.54) is 0 Å². The maximum atomic E-state index is 8.59. The van der Waals surface area contributed by atoms with E-state index < -0.39 is 0 Å². The van der Waals surface area contributed by atoms with Gasteiger partial charge < -0.3 is 9.84 Å². The van der Waals surface area contributed by atoms with E-state index in [0.717, 1.165) is 13.1 Å².